The van der Waals surface area contributed by atoms with Gasteiger partial charge in [-0.15, -0.1) is 10.2 Å². The van der Waals surface area contributed by atoms with Crippen LogP contribution in [0.25, 0.3) is 0 Å². The van der Waals surface area contributed by atoms with Crippen molar-refractivity contribution in [3.05, 3.63) is 47.8 Å². The molecule has 2 heterocycles. The van der Waals surface area contributed by atoms with Gasteiger partial charge in [0.2, 0.25) is 5.91 Å². The highest BCUT2D eigenvalue weighted by Gasteiger charge is 2.30. The lowest BCUT2D eigenvalue weighted by Crippen LogP contribution is -2.43. The molecule has 0 bridgehead atoms. The number of halogens is 1. The number of carbonyl (C=O) groups is 1. The molecule has 1 aliphatic carbocycles. The van der Waals surface area contributed by atoms with Crippen molar-refractivity contribution in [3.63, 3.8) is 0 Å². The van der Waals surface area contributed by atoms with Crippen LogP contribution in [0.15, 0.2) is 30.6 Å². The van der Waals surface area contributed by atoms with E-state index < -0.39 is 0 Å². The fraction of sp³-hybridized carbons (Fsp3) is 0.526. The Morgan fingerprint density at radius 2 is 1.96 bits per heavy atom. The summed E-state index contributed by atoms with van der Waals surface area (Å²) >= 11 is 0. The molecule has 1 saturated heterocycles. The Bertz CT molecular complexity index is 771. The molecule has 2 aromatic rings. The van der Waals surface area contributed by atoms with Gasteiger partial charge in [-0.1, -0.05) is 31.4 Å². The van der Waals surface area contributed by atoms with Crippen LogP contribution >= 0.6 is 0 Å². The molecule has 1 aromatic carbocycles. The maximum atomic E-state index is 13.1. The maximum absolute atomic E-state index is 13.1. The van der Waals surface area contributed by atoms with Crippen LogP contribution < -0.4 is 16.2 Å². The smallest absolute Gasteiger partial charge is 0.238 e. The van der Waals surface area contributed by atoms with Crippen LogP contribution in [0.1, 0.15) is 62.0 Å². The summed E-state index contributed by atoms with van der Waals surface area (Å²) in [6, 6.07) is 6.42. The summed E-state index contributed by atoms with van der Waals surface area (Å²) in [5.74, 6) is 0.461. The zero-order valence-corrected chi connectivity index (χ0v) is 15.2. The predicted molar refractivity (Wildman–Crippen MR) is 97.8 cm³/mol. The molecule has 8 heteroatoms. The molecule has 1 aliphatic heterocycles. The van der Waals surface area contributed by atoms with Crippen molar-refractivity contribution in [1.82, 2.24) is 30.9 Å². The van der Waals surface area contributed by atoms with E-state index in [1.54, 1.807) is 18.5 Å². The zero-order chi connectivity index (χ0) is 18.6. The van der Waals surface area contributed by atoms with Gasteiger partial charge in [0.05, 0.1) is 6.54 Å². The van der Waals surface area contributed by atoms with Crippen molar-refractivity contribution in [2.45, 2.75) is 63.2 Å². The lowest BCUT2D eigenvalue weighted by atomic mass is 9.95. The third-order valence-electron chi connectivity index (χ3n) is 5.53. The van der Waals surface area contributed by atoms with Gasteiger partial charge in [0.15, 0.2) is 5.82 Å². The molecule has 2 aliphatic rings. The van der Waals surface area contributed by atoms with Crippen molar-refractivity contribution in [3.8, 4) is 0 Å². The second-order valence-electron chi connectivity index (χ2n) is 7.35. The lowest BCUT2D eigenvalue weighted by molar-refractivity contribution is -0.123. The van der Waals surface area contributed by atoms with Gasteiger partial charge in [0.25, 0.3) is 0 Å². The number of nitrogens with zero attached hydrogens (tertiary/aromatic N) is 3. The van der Waals surface area contributed by atoms with Crippen LogP contribution in [-0.4, -0.2) is 26.7 Å². The number of amides is 1. The van der Waals surface area contributed by atoms with Crippen molar-refractivity contribution >= 4 is 5.91 Å². The quantitative estimate of drug-likeness (QED) is 0.749. The lowest BCUT2D eigenvalue weighted by Gasteiger charge is -2.24. The summed E-state index contributed by atoms with van der Waals surface area (Å²) in [7, 11) is 0. The third kappa shape index (κ3) is 4.17. The van der Waals surface area contributed by atoms with Crippen LogP contribution in [0, 0.1) is 5.82 Å². The minimum absolute atomic E-state index is 0.0211. The van der Waals surface area contributed by atoms with Gasteiger partial charge >= 0.3 is 0 Å². The van der Waals surface area contributed by atoms with Gasteiger partial charge in [-0.3, -0.25) is 4.79 Å². The first-order valence-electron chi connectivity index (χ1n) is 9.63. The summed E-state index contributed by atoms with van der Waals surface area (Å²) in [6.45, 7) is 0.370. The van der Waals surface area contributed by atoms with Gasteiger partial charge in [-0.2, -0.15) is 0 Å². The number of benzene rings is 1. The van der Waals surface area contributed by atoms with Gasteiger partial charge in [-0.05, 0) is 37.0 Å². The van der Waals surface area contributed by atoms with Crippen LogP contribution in [0.5, 0.6) is 0 Å². The summed E-state index contributed by atoms with van der Waals surface area (Å²) in [5.41, 5.74) is 7.10. The van der Waals surface area contributed by atoms with Gasteiger partial charge in [0, 0.05) is 12.1 Å². The largest absolute Gasteiger partial charge is 0.347 e. The van der Waals surface area contributed by atoms with Crippen LogP contribution in [0.4, 0.5) is 4.39 Å². The second kappa shape index (κ2) is 8.14. The number of carbonyl (C=O) groups excluding carboxylic acids is 1. The molecule has 144 valence electrons. The molecule has 0 spiro atoms. The van der Waals surface area contributed by atoms with Gasteiger partial charge in [-0.25, -0.2) is 15.2 Å². The van der Waals surface area contributed by atoms with Crippen molar-refractivity contribution in [2.75, 3.05) is 0 Å². The average molecular weight is 372 g/mol. The monoisotopic (exact) mass is 372 g/mol. The van der Waals surface area contributed by atoms with E-state index in [-0.39, 0.29) is 23.8 Å². The minimum atomic E-state index is -0.342. The number of rotatable bonds is 5. The van der Waals surface area contributed by atoms with E-state index in [4.69, 9.17) is 0 Å². The third-order valence-corrected chi connectivity index (χ3v) is 5.53. The predicted octanol–water partition coefficient (Wildman–Crippen LogP) is 2.15. The number of hydrogen-bond acceptors (Lipinski definition) is 5. The summed E-state index contributed by atoms with van der Waals surface area (Å²) in [5, 5.41) is 11.2. The van der Waals surface area contributed by atoms with Gasteiger partial charge in [0.1, 0.15) is 18.2 Å². The van der Waals surface area contributed by atoms with E-state index in [1.165, 1.54) is 31.4 Å². The Morgan fingerprint density at radius 1 is 1.19 bits per heavy atom. The van der Waals surface area contributed by atoms with Gasteiger partial charge < -0.3 is 9.88 Å². The molecular formula is C19H25FN6O. The molecule has 1 amide bonds. The number of hydrazine groups is 1. The maximum Gasteiger partial charge on any atom is 0.238 e. The molecule has 2 unspecified atom stereocenters. The Labute approximate surface area is 157 Å². The van der Waals surface area contributed by atoms with E-state index in [0.29, 0.717) is 19.0 Å². The first kappa shape index (κ1) is 18.1. The summed E-state index contributed by atoms with van der Waals surface area (Å²) in [6.07, 6.45) is 8.43. The van der Waals surface area contributed by atoms with Crippen LogP contribution in [0.2, 0.25) is 0 Å². The fourth-order valence-corrected chi connectivity index (χ4v) is 3.99. The minimum Gasteiger partial charge on any atom is -0.347 e. The highest BCUT2D eigenvalue weighted by molar-refractivity contribution is 5.82. The Morgan fingerprint density at radius 3 is 2.74 bits per heavy atom. The second-order valence-corrected chi connectivity index (χ2v) is 7.35. The average Bonchev–Trinajstić information content (AvgIpc) is 3.37. The molecule has 27 heavy (non-hydrogen) atoms. The number of hydrogen-bond donors (Lipinski definition) is 3. The van der Waals surface area contributed by atoms with E-state index >= 15 is 0 Å². The van der Waals surface area contributed by atoms with E-state index in [1.807, 2.05) is 0 Å². The Balaban J connectivity index is 1.31. The Kier molecular flexibility index (Phi) is 5.45. The van der Waals surface area contributed by atoms with Crippen molar-refractivity contribution in [1.29, 1.82) is 0 Å². The molecule has 1 aromatic heterocycles. The highest BCUT2D eigenvalue weighted by Crippen LogP contribution is 2.28. The molecular weight excluding hydrogens is 347 g/mol. The van der Waals surface area contributed by atoms with Crippen LogP contribution in [0.3, 0.4) is 0 Å². The van der Waals surface area contributed by atoms with E-state index in [0.717, 1.165) is 24.2 Å². The van der Waals surface area contributed by atoms with E-state index in [2.05, 4.69) is 30.9 Å². The normalized spacial score (nSPS) is 23.4. The standard InChI is InChI=1S/C19H25FN6O/c20-14-8-6-13(7-9-14)16-10-17(24-23-16)19(27)21-11-18-25-22-12-26(18)15-4-2-1-3-5-15/h6-9,12,15-17,23-24H,1-5,10-11H2,(H,21,27). The van der Waals surface area contributed by atoms with Crippen molar-refractivity contribution in [2.24, 2.45) is 0 Å². The first-order chi connectivity index (χ1) is 13.2. The van der Waals surface area contributed by atoms with E-state index in [9.17, 15) is 9.18 Å². The SMILES string of the molecule is O=C(NCc1nncn1C1CCCCC1)C1CC(c2ccc(F)cc2)NN1. The zero-order valence-electron chi connectivity index (χ0n) is 15.2. The number of aromatic nitrogens is 3. The topological polar surface area (TPSA) is 83.9 Å². The fourth-order valence-electron chi connectivity index (χ4n) is 3.99. The highest BCUT2D eigenvalue weighted by atomic mass is 19.1. The molecule has 7 nitrogen and oxygen atoms in total. The molecule has 0 radical (unpaired) electrons. The van der Waals surface area contributed by atoms with Crippen molar-refractivity contribution < 1.29 is 9.18 Å². The number of nitrogens with one attached hydrogen (secondary N) is 3. The van der Waals surface area contributed by atoms with Crippen LogP contribution in [-0.2, 0) is 11.3 Å². The molecule has 1 saturated carbocycles. The summed E-state index contributed by atoms with van der Waals surface area (Å²) < 4.78 is 15.2. The molecule has 2 atom stereocenters. The molecule has 3 N–H and O–H groups in total. The first-order valence-corrected chi connectivity index (χ1v) is 9.63. The molecule has 2 fully saturated rings. The Hall–Kier alpha value is -2.32. The molecule has 4 rings (SSSR count). The summed E-state index contributed by atoms with van der Waals surface area (Å²) in [4.78, 5) is 12.5.